The van der Waals surface area contributed by atoms with Crippen molar-refractivity contribution in [2.24, 2.45) is 0 Å². The number of fused-ring (bicyclic) bond motifs is 1. The summed E-state index contributed by atoms with van der Waals surface area (Å²) in [5.74, 6) is -0.636. The number of amides is 1. The highest BCUT2D eigenvalue weighted by atomic mass is 16.5. The van der Waals surface area contributed by atoms with Crippen molar-refractivity contribution < 1.29 is 23.8 Å². The molecule has 1 N–H and O–H groups in total. The lowest BCUT2D eigenvalue weighted by Gasteiger charge is -2.15. The summed E-state index contributed by atoms with van der Waals surface area (Å²) in [5, 5.41) is 0.701. The van der Waals surface area contributed by atoms with E-state index in [2.05, 4.69) is 5.43 Å². The van der Waals surface area contributed by atoms with E-state index in [1.807, 2.05) is 0 Å². The molecule has 28 heavy (non-hydrogen) atoms. The predicted molar refractivity (Wildman–Crippen MR) is 103 cm³/mol. The SMILES string of the molecule is COC(=O)c1cn(NC(=O)c2cccc(OC)c2OC)c(=O)c2ccccc12. The third kappa shape index (κ3) is 3.27. The fourth-order valence-electron chi connectivity index (χ4n) is 2.88. The van der Waals surface area contributed by atoms with Crippen molar-refractivity contribution in [1.82, 2.24) is 4.68 Å². The molecule has 0 radical (unpaired) electrons. The first-order valence-corrected chi connectivity index (χ1v) is 8.26. The second-order valence-electron chi connectivity index (χ2n) is 5.74. The predicted octanol–water partition coefficient (Wildman–Crippen LogP) is 2.19. The minimum atomic E-state index is -0.627. The van der Waals surface area contributed by atoms with Crippen molar-refractivity contribution in [2.45, 2.75) is 0 Å². The number of aromatic nitrogens is 1. The molecule has 3 rings (SSSR count). The highest BCUT2D eigenvalue weighted by Gasteiger charge is 2.19. The molecular formula is C20H18N2O6. The van der Waals surface area contributed by atoms with Crippen LogP contribution in [0.2, 0.25) is 0 Å². The number of rotatable bonds is 5. The van der Waals surface area contributed by atoms with Crippen LogP contribution in [0.4, 0.5) is 0 Å². The molecule has 1 amide bonds. The van der Waals surface area contributed by atoms with Crippen molar-refractivity contribution in [3.05, 3.63) is 70.1 Å². The van der Waals surface area contributed by atoms with E-state index in [1.54, 1.807) is 36.4 Å². The zero-order valence-corrected chi connectivity index (χ0v) is 15.5. The van der Waals surface area contributed by atoms with E-state index >= 15 is 0 Å². The number of nitrogens with one attached hydrogen (secondary N) is 1. The van der Waals surface area contributed by atoms with Gasteiger partial charge in [-0.3, -0.25) is 15.0 Å². The van der Waals surface area contributed by atoms with Gasteiger partial charge in [-0.05, 0) is 18.2 Å². The fourth-order valence-corrected chi connectivity index (χ4v) is 2.88. The van der Waals surface area contributed by atoms with Gasteiger partial charge < -0.3 is 14.2 Å². The van der Waals surface area contributed by atoms with Crippen LogP contribution in [0, 0.1) is 0 Å². The minimum Gasteiger partial charge on any atom is -0.493 e. The van der Waals surface area contributed by atoms with Gasteiger partial charge in [0.1, 0.15) is 0 Å². The molecule has 8 nitrogen and oxygen atoms in total. The van der Waals surface area contributed by atoms with Gasteiger partial charge in [-0.15, -0.1) is 0 Å². The van der Waals surface area contributed by atoms with Gasteiger partial charge in [-0.2, -0.15) is 0 Å². The monoisotopic (exact) mass is 382 g/mol. The Morgan fingerprint density at radius 3 is 2.25 bits per heavy atom. The number of esters is 1. The molecule has 2 aromatic carbocycles. The van der Waals surface area contributed by atoms with Crippen molar-refractivity contribution >= 4 is 22.6 Å². The maximum atomic E-state index is 12.8. The maximum absolute atomic E-state index is 12.8. The lowest BCUT2D eigenvalue weighted by Crippen LogP contribution is -2.34. The number of nitrogens with zero attached hydrogens (tertiary/aromatic N) is 1. The summed E-state index contributed by atoms with van der Waals surface area (Å²) in [7, 11) is 4.11. The molecule has 0 unspecified atom stereocenters. The average Bonchev–Trinajstić information content (AvgIpc) is 2.74. The lowest BCUT2D eigenvalue weighted by atomic mass is 10.1. The van der Waals surface area contributed by atoms with Gasteiger partial charge in [0.25, 0.3) is 11.5 Å². The van der Waals surface area contributed by atoms with Crippen molar-refractivity contribution in [3.8, 4) is 11.5 Å². The molecule has 144 valence electrons. The summed E-state index contributed by atoms with van der Waals surface area (Å²) >= 11 is 0. The smallest absolute Gasteiger partial charge is 0.340 e. The van der Waals surface area contributed by atoms with Crippen LogP contribution in [0.25, 0.3) is 10.8 Å². The first-order chi connectivity index (χ1) is 13.5. The Bertz CT molecular complexity index is 1120. The zero-order chi connectivity index (χ0) is 20.3. The van der Waals surface area contributed by atoms with Crippen molar-refractivity contribution in [2.75, 3.05) is 26.8 Å². The summed E-state index contributed by atoms with van der Waals surface area (Å²) < 4.78 is 16.2. The van der Waals surface area contributed by atoms with E-state index < -0.39 is 17.4 Å². The first-order valence-electron chi connectivity index (χ1n) is 8.26. The summed E-state index contributed by atoms with van der Waals surface area (Å²) in [4.78, 5) is 37.7. The fraction of sp³-hybridized carbons (Fsp3) is 0.150. The number of benzene rings is 2. The average molecular weight is 382 g/mol. The molecule has 0 bridgehead atoms. The van der Waals surface area contributed by atoms with E-state index in [9.17, 15) is 14.4 Å². The molecule has 3 aromatic rings. The van der Waals surface area contributed by atoms with Gasteiger partial charge in [0, 0.05) is 17.0 Å². The number of pyridine rings is 1. The minimum absolute atomic E-state index is 0.149. The van der Waals surface area contributed by atoms with Gasteiger partial charge in [-0.25, -0.2) is 9.47 Å². The van der Waals surface area contributed by atoms with Gasteiger partial charge in [0.05, 0.1) is 32.5 Å². The van der Waals surface area contributed by atoms with Crippen LogP contribution in [-0.2, 0) is 4.74 Å². The first kappa shape index (κ1) is 19.0. The molecule has 0 aliphatic rings. The highest BCUT2D eigenvalue weighted by Crippen LogP contribution is 2.30. The second kappa shape index (κ2) is 7.83. The van der Waals surface area contributed by atoms with Crippen LogP contribution in [0.3, 0.4) is 0 Å². The zero-order valence-electron chi connectivity index (χ0n) is 15.5. The van der Waals surface area contributed by atoms with Gasteiger partial charge in [0.2, 0.25) is 0 Å². The van der Waals surface area contributed by atoms with E-state index in [0.29, 0.717) is 11.1 Å². The Hall–Kier alpha value is -3.81. The summed E-state index contributed by atoms with van der Waals surface area (Å²) in [6, 6.07) is 11.4. The van der Waals surface area contributed by atoms with Crippen LogP contribution in [0.15, 0.2) is 53.5 Å². The van der Waals surface area contributed by atoms with Crippen LogP contribution in [0.5, 0.6) is 11.5 Å². The molecule has 0 spiro atoms. The number of ether oxygens (including phenoxy) is 3. The number of methoxy groups -OCH3 is 3. The maximum Gasteiger partial charge on any atom is 0.340 e. The van der Waals surface area contributed by atoms with E-state index in [-0.39, 0.29) is 22.3 Å². The van der Waals surface area contributed by atoms with Crippen molar-refractivity contribution in [3.63, 3.8) is 0 Å². The van der Waals surface area contributed by atoms with Gasteiger partial charge in [0.15, 0.2) is 11.5 Å². The molecule has 0 aliphatic carbocycles. The number of carbonyl (C=O) groups excluding carboxylic acids is 2. The number of para-hydroxylation sites is 1. The molecule has 8 heteroatoms. The molecule has 0 fully saturated rings. The molecule has 0 saturated heterocycles. The molecule has 0 aliphatic heterocycles. The number of carbonyl (C=O) groups is 2. The van der Waals surface area contributed by atoms with E-state index in [1.165, 1.54) is 33.6 Å². The third-order valence-corrected chi connectivity index (χ3v) is 4.20. The number of hydrogen-bond acceptors (Lipinski definition) is 6. The van der Waals surface area contributed by atoms with Crippen LogP contribution >= 0.6 is 0 Å². The Labute approximate surface area is 160 Å². The summed E-state index contributed by atoms with van der Waals surface area (Å²) in [6.45, 7) is 0. The summed E-state index contributed by atoms with van der Waals surface area (Å²) in [5.41, 5.74) is 2.32. The Kier molecular flexibility index (Phi) is 5.30. The van der Waals surface area contributed by atoms with Crippen LogP contribution < -0.4 is 20.5 Å². The molecule has 1 heterocycles. The van der Waals surface area contributed by atoms with E-state index in [4.69, 9.17) is 14.2 Å². The highest BCUT2D eigenvalue weighted by molar-refractivity contribution is 6.05. The Morgan fingerprint density at radius 2 is 1.61 bits per heavy atom. The molecule has 1 aromatic heterocycles. The van der Waals surface area contributed by atoms with Crippen LogP contribution in [-0.4, -0.2) is 37.9 Å². The lowest BCUT2D eigenvalue weighted by molar-refractivity contribution is 0.0601. The van der Waals surface area contributed by atoms with Gasteiger partial charge >= 0.3 is 5.97 Å². The number of hydrogen-bond donors (Lipinski definition) is 1. The van der Waals surface area contributed by atoms with Crippen molar-refractivity contribution in [1.29, 1.82) is 0 Å². The molecule has 0 atom stereocenters. The third-order valence-electron chi connectivity index (χ3n) is 4.20. The summed E-state index contributed by atoms with van der Waals surface area (Å²) in [6.07, 6.45) is 1.24. The second-order valence-corrected chi connectivity index (χ2v) is 5.74. The molecular weight excluding hydrogens is 364 g/mol. The van der Waals surface area contributed by atoms with Gasteiger partial charge in [-0.1, -0.05) is 24.3 Å². The standard InChI is InChI=1S/C20H18N2O6/c1-26-16-10-6-9-14(17(16)27-2)18(23)21-22-11-15(20(25)28-3)12-7-4-5-8-13(12)19(22)24/h4-11H,1-3H3,(H,21,23). The van der Waals surface area contributed by atoms with Crippen LogP contribution in [0.1, 0.15) is 20.7 Å². The Balaban J connectivity index is 2.11. The topological polar surface area (TPSA) is 95.9 Å². The quantitative estimate of drug-likeness (QED) is 0.680. The Morgan fingerprint density at radius 1 is 0.893 bits per heavy atom. The van der Waals surface area contributed by atoms with E-state index in [0.717, 1.165) is 4.68 Å². The normalized spacial score (nSPS) is 10.4. The molecule has 0 saturated carbocycles. The largest absolute Gasteiger partial charge is 0.493 e.